The molecule has 0 spiro atoms. The van der Waals surface area contributed by atoms with Gasteiger partial charge in [0.1, 0.15) is 22.7 Å². The molecule has 0 aliphatic rings. The highest BCUT2D eigenvalue weighted by molar-refractivity contribution is 5.86. The summed E-state index contributed by atoms with van der Waals surface area (Å²) in [4.78, 5) is 21.3. The lowest BCUT2D eigenvalue weighted by Crippen LogP contribution is -2.10. The first-order valence-electron chi connectivity index (χ1n) is 5.78. The fourth-order valence-electron chi connectivity index (χ4n) is 1.64. The van der Waals surface area contributed by atoms with Crippen molar-refractivity contribution in [1.82, 2.24) is 0 Å². The molecule has 1 atom stereocenters. The molecule has 8 heteroatoms. The molecule has 2 rings (SSSR count). The van der Waals surface area contributed by atoms with Crippen LogP contribution >= 0.6 is 0 Å². The first kappa shape index (κ1) is 14.6. The predicted molar refractivity (Wildman–Crippen MR) is 65.6 cm³/mol. The number of esters is 1. The molecule has 0 saturated heterocycles. The third-order valence-corrected chi connectivity index (χ3v) is 2.65. The van der Waals surface area contributed by atoms with Crippen molar-refractivity contribution in [2.75, 3.05) is 0 Å². The van der Waals surface area contributed by atoms with Crippen LogP contribution in [0.4, 0.5) is 14.7 Å². The van der Waals surface area contributed by atoms with Gasteiger partial charge >= 0.3 is 11.9 Å². The average molecular weight is 297 g/mol. The van der Waals surface area contributed by atoms with Crippen LogP contribution in [0.5, 0.6) is 0 Å². The summed E-state index contributed by atoms with van der Waals surface area (Å²) in [5, 5.41) is 10.4. The number of furan rings is 1. The Morgan fingerprint density at radius 3 is 2.67 bits per heavy atom. The van der Waals surface area contributed by atoms with E-state index in [4.69, 9.17) is 4.74 Å². The molecule has 6 nitrogen and oxygen atoms in total. The average Bonchev–Trinajstić information content (AvgIpc) is 2.91. The van der Waals surface area contributed by atoms with E-state index in [1.807, 2.05) is 0 Å². The SMILES string of the molecule is C[C@H](OC(=O)c1ccc([N+](=O)[O-])o1)c1cc(F)ccc1F. The maximum atomic E-state index is 13.5. The van der Waals surface area contributed by atoms with E-state index in [0.717, 1.165) is 30.3 Å². The number of halogens is 2. The van der Waals surface area contributed by atoms with Gasteiger partial charge in [0, 0.05) is 5.56 Å². The number of hydrogen-bond acceptors (Lipinski definition) is 5. The van der Waals surface area contributed by atoms with Gasteiger partial charge in [-0.1, -0.05) is 0 Å². The van der Waals surface area contributed by atoms with Crippen LogP contribution in [-0.2, 0) is 4.74 Å². The lowest BCUT2D eigenvalue weighted by Gasteiger charge is -2.13. The monoisotopic (exact) mass is 297 g/mol. The lowest BCUT2D eigenvalue weighted by molar-refractivity contribution is -0.402. The third-order valence-electron chi connectivity index (χ3n) is 2.65. The van der Waals surface area contributed by atoms with Crippen molar-refractivity contribution < 1.29 is 27.7 Å². The fourth-order valence-corrected chi connectivity index (χ4v) is 1.64. The van der Waals surface area contributed by atoms with Crippen LogP contribution < -0.4 is 0 Å². The summed E-state index contributed by atoms with van der Waals surface area (Å²) in [5.74, 6) is -3.44. The van der Waals surface area contributed by atoms with Gasteiger partial charge in [-0.3, -0.25) is 10.1 Å². The Labute approximate surface area is 117 Å². The summed E-state index contributed by atoms with van der Waals surface area (Å²) >= 11 is 0. The van der Waals surface area contributed by atoms with Gasteiger partial charge < -0.3 is 9.15 Å². The molecule has 21 heavy (non-hydrogen) atoms. The summed E-state index contributed by atoms with van der Waals surface area (Å²) in [6.07, 6.45) is -1.09. The highest BCUT2D eigenvalue weighted by Gasteiger charge is 2.22. The Bertz CT molecular complexity index is 698. The molecular formula is C13H9F2NO5. The van der Waals surface area contributed by atoms with Gasteiger partial charge in [0.2, 0.25) is 5.76 Å². The van der Waals surface area contributed by atoms with E-state index < -0.39 is 40.3 Å². The van der Waals surface area contributed by atoms with Gasteiger partial charge in [-0.25, -0.2) is 13.6 Å². The summed E-state index contributed by atoms with van der Waals surface area (Å²) in [7, 11) is 0. The number of nitro groups is 1. The quantitative estimate of drug-likeness (QED) is 0.491. The topological polar surface area (TPSA) is 82.6 Å². The summed E-state index contributed by atoms with van der Waals surface area (Å²) in [5.41, 5.74) is -0.149. The van der Waals surface area contributed by atoms with Crippen molar-refractivity contribution >= 4 is 11.9 Å². The largest absolute Gasteiger partial charge is 0.452 e. The van der Waals surface area contributed by atoms with E-state index in [9.17, 15) is 23.7 Å². The second kappa shape index (κ2) is 5.70. The molecule has 0 bridgehead atoms. The number of ether oxygens (including phenoxy) is 1. The van der Waals surface area contributed by atoms with Crippen LogP contribution in [-0.4, -0.2) is 10.9 Å². The Morgan fingerprint density at radius 1 is 1.33 bits per heavy atom. The fraction of sp³-hybridized carbons (Fsp3) is 0.154. The number of nitrogens with zero attached hydrogens (tertiary/aromatic N) is 1. The molecule has 0 radical (unpaired) electrons. The maximum absolute atomic E-state index is 13.5. The van der Waals surface area contributed by atoms with Crippen LogP contribution in [0, 0.1) is 21.7 Å². The summed E-state index contributed by atoms with van der Waals surface area (Å²) in [6, 6.07) is 4.80. The second-order valence-electron chi connectivity index (χ2n) is 4.11. The van der Waals surface area contributed by atoms with E-state index in [0.29, 0.717) is 0 Å². The number of carbonyl (C=O) groups excluding carboxylic acids is 1. The number of rotatable bonds is 4. The van der Waals surface area contributed by atoms with E-state index in [1.54, 1.807) is 0 Å². The second-order valence-corrected chi connectivity index (χ2v) is 4.11. The highest BCUT2D eigenvalue weighted by Crippen LogP contribution is 2.24. The Morgan fingerprint density at radius 2 is 2.05 bits per heavy atom. The number of hydrogen-bond donors (Lipinski definition) is 0. The maximum Gasteiger partial charge on any atom is 0.433 e. The first-order valence-corrected chi connectivity index (χ1v) is 5.78. The van der Waals surface area contributed by atoms with E-state index in [2.05, 4.69) is 4.42 Å². The van der Waals surface area contributed by atoms with Gasteiger partial charge in [0.25, 0.3) is 0 Å². The van der Waals surface area contributed by atoms with E-state index >= 15 is 0 Å². The smallest absolute Gasteiger partial charge is 0.433 e. The highest BCUT2D eigenvalue weighted by atomic mass is 19.1. The minimum Gasteiger partial charge on any atom is -0.452 e. The molecular weight excluding hydrogens is 288 g/mol. The van der Waals surface area contributed by atoms with Gasteiger partial charge in [-0.2, -0.15) is 0 Å². The molecule has 2 aromatic rings. The van der Waals surface area contributed by atoms with Crippen molar-refractivity contribution in [2.24, 2.45) is 0 Å². The molecule has 0 amide bonds. The van der Waals surface area contributed by atoms with Crippen LogP contribution in [0.1, 0.15) is 29.1 Å². The zero-order valence-electron chi connectivity index (χ0n) is 10.7. The Hall–Kier alpha value is -2.77. The van der Waals surface area contributed by atoms with E-state index in [1.165, 1.54) is 6.92 Å². The number of benzene rings is 1. The zero-order chi connectivity index (χ0) is 15.6. The van der Waals surface area contributed by atoms with Gasteiger partial charge in [0.15, 0.2) is 0 Å². The van der Waals surface area contributed by atoms with Crippen molar-refractivity contribution in [3.05, 3.63) is 63.4 Å². The molecule has 0 N–H and O–H groups in total. The molecule has 0 saturated carbocycles. The molecule has 0 unspecified atom stereocenters. The third kappa shape index (κ3) is 3.22. The van der Waals surface area contributed by atoms with Gasteiger partial charge in [-0.15, -0.1) is 0 Å². The first-order chi connectivity index (χ1) is 9.88. The Balaban J connectivity index is 2.14. The molecule has 110 valence electrons. The van der Waals surface area contributed by atoms with Crippen LogP contribution in [0.2, 0.25) is 0 Å². The van der Waals surface area contributed by atoms with Crippen molar-refractivity contribution in [3.8, 4) is 0 Å². The lowest BCUT2D eigenvalue weighted by atomic mass is 10.1. The van der Waals surface area contributed by atoms with Gasteiger partial charge in [-0.05, 0) is 31.2 Å². The predicted octanol–water partition coefficient (Wildman–Crippen LogP) is 3.38. The molecule has 0 fully saturated rings. The van der Waals surface area contributed by atoms with E-state index in [-0.39, 0.29) is 5.56 Å². The summed E-state index contributed by atoms with van der Waals surface area (Å²) in [6.45, 7) is 1.34. The minimum absolute atomic E-state index is 0.149. The molecule has 1 heterocycles. The normalized spacial score (nSPS) is 12.0. The van der Waals surface area contributed by atoms with Crippen molar-refractivity contribution in [3.63, 3.8) is 0 Å². The van der Waals surface area contributed by atoms with Crippen LogP contribution in [0.3, 0.4) is 0 Å². The molecule has 1 aromatic heterocycles. The number of carbonyl (C=O) groups is 1. The molecule has 1 aromatic carbocycles. The van der Waals surface area contributed by atoms with Gasteiger partial charge in [0.05, 0.1) is 6.07 Å². The minimum atomic E-state index is -1.09. The molecule has 0 aliphatic carbocycles. The van der Waals surface area contributed by atoms with Crippen molar-refractivity contribution in [1.29, 1.82) is 0 Å². The Kier molecular flexibility index (Phi) is 3.97. The standard InChI is InChI=1S/C13H9F2NO5/c1-7(9-6-8(14)2-3-10(9)15)20-13(17)11-4-5-12(21-11)16(18)19/h2-7H,1H3/t7-/m0/s1. The van der Waals surface area contributed by atoms with Crippen LogP contribution in [0.25, 0.3) is 0 Å². The van der Waals surface area contributed by atoms with Crippen LogP contribution in [0.15, 0.2) is 34.7 Å². The summed E-state index contributed by atoms with van der Waals surface area (Å²) < 4.78 is 36.1. The zero-order valence-corrected chi connectivity index (χ0v) is 10.7. The molecule has 0 aliphatic heterocycles. The van der Waals surface area contributed by atoms with Crippen molar-refractivity contribution in [2.45, 2.75) is 13.0 Å².